The predicted octanol–water partition coefficient (Wildman–Crippen LogP) is 5.26. The second-order valence-electron chi connectivity index (χ2n) is 9.35. The molecule has 0 amide bonds. The second kappa shape index (κ2) is 8.81. The monoisotopic (exact) mass is 462 g/mol. The van der Waals surface area contributed by atoms with Crippen molar-refractivity contribution in [2.45, 2.75) is 63.6 Å². The smallest absolute Gasteiger partial charge is 0.477 e. The zero-order valence-corrected chi connectivity index (χ0v) is 20.1. The molecule has 172 valence electrons. The van der Waals surface area contributed by atoms with Gasteiger partial charge in [-0.25, -0.2) is 9.18 Å². The van der Waals surface area contributed by atoms with Gasteiger partial charge in [-0.05, 0) is 52.8 Å². The zero-order chi connectivity index (χ0) is 24.6. The first-order valence-electron chi connectivity index (χ1n) is 10.2. The Morgan fingerprint density at radius 1 is 1.19 bits per heavy atom. The Labute approximate surface area is 188 Å². The molecule has 0 bridgehead atoms. The molecule has 3 atom stereocenters. The molecule has 1 heterocycles. The topological polar surface area (TPSA) is 108 Å². The van der Waals surface area contributed by atoms with Crippen molar-refractivity contribution >= 4 is 14.0 Å². The number of rotatable bonds is 7. The molecule has 3 N–H and O–H groups in total. The van der Waals surface area contributed by atoms with Crippen LogP contribution in [0.1, 0.15) is 64.4 Å². The lowest BCUT2D eigenvalue weighted by Crippen LogP contribution is -2.52. The van der Waals surface area contributed by atoms with Gasteiger partial charge in [0.15, 0.2) is 5.60 Å². The maximum Gasteiger partial charge on any atom is 0.531 e. The summed E-state index contributed by atoms with van der Waals surface area (Å²) in [6.07, 6.45) is 0.796. The Hall–Kier alpha value is -2.47. The number of benzene rings is 1. The van der Waals surface area contributed by atoms with E-state index in [2.05, 4.69) is 6.58 Å². The number of hydrogen-bond acceptors (Lipinski definition) is 4. The van der Waals surface area contributed by atoms with E-state index in [0.717, 1.165) is 6.08 Å². The van der Waals surface area contributed by atoms with E-state index in [0.29, 0.717) is 22.5 Å². The minimum atomic E-state index is -3.45. The Morgan fingerprint density at radius 3 is 2.09 bits per heavy atom. The maximum absolute atomic E-state index is 13.6. The van der Waals surface area contributed by atoms with Crippen molar-refractivity contribution in [1.82, 2.24) is 4.98 Å². The quantitative estimate of drug-likeness (QED) is 0.383. The van der Waals surface area contributed by atoms with Gasteiger partial charge in [0.05, 0.1) is 5.69 Å². The van der Waals surface area contributed by atoms with E-state index in [-0.39, 0.29) is 11.5 Å². The third-order valence-corrected chi connectivity index (χ3v) is 7.08. The number of aliphatic carboxylic acids is 1. The molecule has 2 rings (SSSR count). The Bertz CT molecular complexity index is 1040. The van der Waals surface area contributed by atoms with Gasteiger partial charge in [0, 0.05) is 16.7 Å². The number of aliphatic hydroxyl groups is 1. The first-order chi connectivity index (χ1) is 14.6. The molecule has 1 aromatic heterocycles. The lowest BCUT2D eigenvalue weighted by molar-refractivity contribution is -0.145. The number of carboxylic acids is 1. The number of aromatic nitrogens is 1. The van der Waals surface area contributed by atoms with Crippen LogP contribution in [0, 0.1) is 5.82 Å². The van der Waals surface area contributed by atoms with Crippen LogP contribution >= 0.6 is 8.03 Å². The Kier molecular flexibility index (Phi) is 7.10. The summed E-state index contributed by atoms with van der Waals surface area (Å²) in [7, 11) is -3.45. The lowest BCUT2D eigenvalue weighted by Gasteiger charge is -2.35. The SMILES string of the molecule is C=CC(C(=O)O)([P+](=O)O)C(C)(O)c1c(-c2ccc(F)cc2)cc(C(C)(C)C)nc1C(C)C. The van der Waals surface area contributed by atoms with Crippen molar-refractivity contribution in [2.24, 2.45) is 0 Å². The highest BCUT2D eigenvalue weighted by atomic mass is 31.1. The summed E-state index contributed by atoms with van der Waals surface area (Å²) in [5, 5.41) is 19.1. The summed E-state index contributed by atoms with van der Waals surface area (Å²) < 4.78 is 26.0. The number of halogens is 1. The van der Waals surface area contributed by atoms with E-state index in [1.807, 2.05) is 34.6 Å². The van der Waals surface area contributed by atoms with Gasteiger partial charge in [-0.2, -0.15) is 4.89 Å². The standard InChI is InChI=1S/C24H29FNO5P/c1-8-24(21(27)28,32(30)31)23(7,29)19-17(15-9-11-16(25)12-10-15)13-18(22(4,5)6)26-20(19)14(2)3/h8-14,29H,1H2,2-7H3,(H-,27,28,30,31)/p+1. The van der Waals surface area contributed by atoms with Gasteiger partial charge in [0.2, 0.25) is 0 Å². The molecule has 32 heavy (non-hydrogen) atoms. The van der Waals surface area contributed by atoms with E-state index in [1.54, 1.807) is 6.07 Å². The minimum absolute atomic E-state index is 0.0896. The van der Waals surface area contributed by atoms with Crippen LogP contribution in [0.3, 0.4) is 0 Å². The molecule has 0 aliphatic carbocycles. The highest BCUT2D eigenvalue weighted by Crippen LogP contribution is 2.53. The third kappa shape index (κ3) is 4.25. The van der Waals surface area contributed by atoms with Gasteiger partial charge in [0.1, 0.15) is 5.82 Å². The molecule has 0 radical (unpaired) electrons. The van der Waals surface area contributed by atoms with Crippen LogP contribution in [0.15, 0.2) is 43.0 Å². The summed E-state index contributed by atoms with van der Waals surface area (Å²) in [6, 6.07) is 7.24. The molecule has 0 fully saturated rings. The molecule has 1 aromatic carbocycles. The van der Waals surface area contributed by atoms with Crippen molar-refractivity contribution in [1.29, 1.82) is 0 Å². The summed E-state index contributed by atoms with van der Waals surface area (Å²) in [4.78, 5) is 27.1. The van der Waals surface area contributed by atoms with Crippen LogP contribution in [0.4, 0.5) is 4.39 Å². The normalized spacial score (nSPS) is 16.2. The fraction of sp³-hybridized carbons (Fsp3) is 0.417. The maximum atomic E-state index is 13.6. The average molecular weight is 462 g/mol. The van der Waals surface area contributed by atoms with Gasteiger partial charge in [-0.15, -0.1) is 0 Å². The van der Waals surface area contributed by atoms with E-state index in [1.165, 1.54) is 31.2 Å². The number of carboxylic acid groups (broad SMARTS) is 1. The molecule has 8 heteroatoms. The molecular weight excluding hydrogens is 432 g/mol. The van der Waals surface area contributed by atoms with E-state index in [9.17, 15) is 28.9 Å². The summed E-state index contributed by atoms with van der Waals surface area (Å²) in [5.74, 6) is -2.42. The number of carbonyl (C=O) groups is 1. The average Bonchev–Trinajstić information content (AvgIpc) is 2.66. The summed E-state index contributed by atoms with van der Waals surface area (Å²) >= 11 is 0. The van der Waals surface area contributed by atoms with Crippen LogP contribution in [0.2, 0.25) is 0 Å². The minimum Gasteiger partial charge on any atom is -0.477 e. The molecule has 2 aromatic rings. The van der Waals surface area contributed by atoms with Crippen LogP contribution in [0.5, 0.6) is 0 Å². The van der Waals surface area contributed by atoms with Gasteiger partial charge in [-0.3, -0.25) is 4.98 Å². The first kappa shape index (κ1) is 25.8. The summed E-state index contributed by atoms with van der Waals surface area (Å²) in [5.41, 5.74) is -0.718. The van der Waals surface area contributed by atoms with Crippen molar-refractivity contribution in [3.63, 3.8) is 0 Å². The molecule has 0 spiro atoms. The largest absolute Gasteiger partial charge is 0.531 e. The lowest BCUT2D eigenvalue weighted by atomic mass is 9.75. The van der Waals surface area contributed by atoms with E-state index in [4.69, 9.17) is 4.98 Å². The number of hydrogen-bond donors (Lipinski definition) is 3. The van der Waals surface area contributed by atoms with Gasteiger partial charge in [-0.1, -0.05) is 53.3 Å². The number of pyridine rings is 1. The molecule has 6 nitrogen and oxygen atoms in total. The van der Waals surface area contributed by atoms with Crippen molar-refractivity contribution in [3.8, 4) is 11.1 Å². The Balaban J connectivity index is 3.12. The highest BCUT2D eigenvalue weighted by molar-refractivity contribution is 7.42. The van der Waals surface area contributed by atoms with Crippen LogP contribution < -0.4 is 0 Å². The van der Waals surface area contributed by atoms with Crippen LogP contribution in [0.25, 0.3) is 11.1 Å². The van der Waals surface area contributed by atoms with Gasteiger partial charge in [0.25, 0.3) is 0 Å². The first-order valence-corrected chi connectivity index (χ1v) is 11.4. The molecule has 0 saturated heterocycles. The molecule has 0 aliphatic heterocycles. The van der Waals surface area contributed by atoms with Gasteiger partial charge >= 0.3 is 19.2 Å². The van der Waals surface area contributed by atoms with Crippen molar-refractivity contribution in [3.05, 3.63) is 65.8 Å². The van der Waals surface area contributed by atoms with E-state index < -0.39 is 36.0 Å². The van der Waals surface area contributed by atoms with Crippen LogP contribution in [-0.4, -0.2) is 31.2 Å². The van der Waals surface area contributed by atoms with Crippen molar-refractivity contribution in [2.75, 3.05) is 0 Å². The number of nitrogens with zero attached hydrogens (tertiary/aromatic N) is 1. The predicted molar refractivity (Wildman–Crippen MR) is 122 cm³/mol. The molecule has 0 saturated carbocycles. The van der Waals surface area contributed by atoms with Crippen molar-refractivity contribution < 1.29 is 28.9 Å². The highest BCUT2D eigenvalue weighted by Gasteiger charge is 2.69. The molecule has 0 aliphatic rings. The zero-order valence-electron chi connectivity index (χ0n) is 19.2. The second-order valence-corrected chi connectivity index (χ2v) is 10.6. The third-order valence-electron chi connectivity index (χ3n) is 5.67. The molecular formula is C24H30FNO5P+. The molecule has 3 unspecified atom stereocenters. The Morgan fingerprint density at radius 2 is 1.72 bits per heavy atom. The fourth-order valence-corrected chi connectivity index (χ4v) is 4.57. The fourth-order valence-electron chi connectivity index (χ4n) is 3.77. The summed E-state index contributed by atoms with van der Waals surface area (Å²) in [6.45, 7) is 14.2. The van der Waals surface area contributed by atoms with Gasteiger partial charge < -0.3 is 10.2 Å². The van der Waals surface area contributed by atoms with E-state index >= 15 is 0 Å². The van der Waals surface area contributed by atoms with Crippen LogP contribution in [-0.2, 0) is 20.4 Å².